The second-order valence-electron chi connectivity index (χ2n) is 6.29. The first-order chi connectivity index (χ1) is 14.0. The highest BCUT2D eigenvalue weighted by atomic mass is 35.5. The first-order valence-corrected chi connectivity index (χ1v) is 10.1. The third-order valence-electron chi connectivity index (χ3n) is 4.37. The Morgan fingerprint density at radius 3 is 2.86 bits per heavy atom. The molecule has 4 aromatic rings. The minimum atomic E-state index is -0.228. The maximum absolute atomic E-state index is 12.6. The van der Waals surface area contributed by atoms with Crippen LogP contribution in [0.5, 0.6) is 5.06 Å². The van der Waals surface area contributed by atoms with Crippen LogP contribution in [0.25, 0.3) is 16.3 Å². The Morgan fingerprint density at radius 1 is 1.28 bits per heavy atom. The van der Waals surface area contributed by atoms with Crippen molar-refractivity contribution in [3.8, 4) is 15.8 Å². The number of halogens is 1. The number of nitrogen functional groups attached to an aromatic ring is 1. The van der Waals surface area contributed by atoms with Gasteiger partial charge < -0.3 is 15.8 Å². The number of pyridine rings is 1. The Balaban J connectivity index is 1.51. The molecule has 148 valence electrons. The molecule has 0 aliphatic carbocycles. The van der Waals surface area contributed by atoms with Crippen LogP contribution in [0.15, 0.2) is 48.5 Å². The number of ether oxygens (including phenoxy) is 1. The van der Waals surface area contributed by atoms with Gasteiger partial charge in [-0.25, -0.2) is 4.98 Å². The molecule has 9 heteroatoms. The molecule has 3 heterocycles. The van der Waals surface area contributed by atoms with E-state index < -0.39 is 0 Å². The Morgan fingerprint density at radius 2 is 2.10 bits per heavy atom. The number of hydrogen-bond donors (Lipinski definition) is 2. The SMILES string of the molecule is COc1ccc(-c2nc3cc(C(=O)NCCc4ccccc4Cl)cc(N)n3n2)s1. The summed E-state index contributed by atoms with van der Waals surface area (Å²) >= 11 is 7.59. The number of nitrogens with zero attached hydrogens (tertiary/aromatic N) is 3. The van der Waals surface area contributed by atoms with E-state index >= 15 is 0 Å². The monoisotopic (exact) mass is 427 g/mol. The van der Waals surface area contributed by atoms with Crippen molar-refractivity contribution in [2.24, 2.45) is 0 Å². The number of anilines is 1. The van der Waals surface area contributed by atoms with E-state index in [0.717, 1.165) is 15.5 Å². The molecular formula is C20H18ClN5O2S. The summed E-state index contributed by atoms with van der Waals surface area (Å²) in [5, 5.41) is 8.78. The van der Waals surface area contributed by atoms with E-state index in [1.165, 1.54) is 15.9 Å². The molecule has 3 N–H and O–H groups in total. The number of rotatable bonds is 6. The van der Waals surface area contributed by atoms with Crippen LogP contribution in [-0.4, -0.2) is 34.2 Å². The molecule has 0 saturated heterocycles. The average Bonchev–Trinajstić information content (AvgIpc) is 3.36. The summed E-state index contributed by atoms with van der Waals surface area (Å²) in [6, 6.07) is 14.6. The van der Waals surface area contributed by atoms with Crippen LogP contribution in [0.1, 0.15) is 15.9 Å². The summed E-state index contributed by atoms with van der Waals surface area (Å²) in [6.07, 6.45) is 0.637. The number of aromatic nitrogens is 3. The Bertz CT molecular complexity index is 1190. The van der Waals surface area contributed by atoms with Gasteiger partial charge in [0.1, 0.15) is 5.82 Å². The highest BCUT2D eigenvalue weighted by molar-refractivity contribution is 7.17. The number of benzene rings is 1. The van der Waals surface area contributed by atoms with E-state index in [1.807, 2.05) is 36.4 Å². The number of fused-ring (bicyclic) bond motifs is 1. The molecule has 0 radical (unpaired) electrons. The molecule has 0 fully saturated rings. The van der Waals surface area contributed by atoms with Gasteiger partial charge in [0.2, 0.25) is 0 Å². The van der Waals surface area contributed by atoms with Crippen LogP contribution in [0.2, 0.25) is 5.02 Å². The van der Waals surface area contributed by atoms with Gasteiger partial charge in [-0.3, -0.25) is 4.79 Å². The van der Waals surface area contributed by atoms with Crippen LogP contribution in [0, 0.1) is 0 Å². The van der Waals surface area contributed by atoms with E-state index in [-0.39, 0.29) is 5.91 Å². The Labute approximate surface area is 176 Å². The molecule has 0 aliphatic heterocycles. The van der Waals surface area contributed by atoms with Crippen LogP contribution in [0.3, 0.4) is 0 Å². The number of methoxy groups -OCH3 is 1. The zero-order valence-corrected chi connectivity index (χ0v) is 17.1. The zero-order chi connectivity index (χ0) is 20.4. The lowest BCUT2D eigenvalue weighted by molar-refractivity contribution is 0.0954. The summed E-state index contributed by atoms with van der Waals surface area (Å²) in [7, 11) is 1.61. The molecule has 1 amide bonds. The number of carbonyl (C=O) groups excluding carboxylic acids is 1. The van der Waals surface area contributed by atoms with E-state index in [2.05, 4.69) is 15.4 Å². The number of amides is 1. The van der Waals surface area contributed by atoms with Crippen molar-refractivity contribution < 1.29 is 9.53 Å². The van der Waals surface area contributed by atoms with Gasteiger partial charge in [-0.1, -0.05) is 41.1 Å². The van der Waals surface area contributed by atoms with Crippen molar-refractivity contribution in [3.05, 3.63) is 64.7 Å². The van der Waals surface area contributed by atoms with E-state index in [4.69, 9.17) is 22.1 Å². The van der Waals surface area contributed by atoms with Crippen LogP contribution < -0.4 is 15.8 Å². The molecule has 0 aliphatic rings. The molecule has 0 atom stereocenters. The van der Waals surface area contributed by atoms with Gasteiger partial charge in [-0.2, -0.15) is 4.52 Å². The van der Waals surface area contributed by atoms with Gasteiger partial charge in [0.25, 0.3) is 5.91 Å². The molecule has 4 rings (SSSR count). The van der Waals surface area contributed by atoms with E-state index in [1.54, 1.807) is 19.2 Å². The minimum Gasteiger partial charge on any atom is -0.487 e. The van der Waals surface area contributed by atoms with Gasteiger partial charge in [0, 0.05) is 17.1 Å². The number of carbonyl (C=O) groups is 1. The molecule has 0 saturated carbocycles. The number of hydrogen-bond acceptors (Lipinski definition) is 6. The van der Waals surface area contributed by atoms with Crippen molar-refractivity contribution >= 4 is 40.3 Å². The molecule has 7 nitrogen and oxygen atoms in total. The maximum Gasteiger partial charge on any atom is 0.251 e. The molecule has 0 spiro atoms. The minimum absolute atomic E-state index is 0.228. The summed E-state index contributed by atoms with van der Waals surface area (Å²) in [5.74, 6) is 0.635. The summed E-state index contributed by atoms with van der Waals surface area (Å²) in [4.78, 5) is 17.9. The fourth-order valence-electron chi connectivity index (χ4n) is 2.91. The van der Waals surface area contributed by atoms with Gasteiger partial charge in [-0.05, 0) is 42.3 Å². The fourth-order valence-corrected chi connectivity index (χ4v) is 3.89. The van der Waals surface area contributed by atoms with Crippen molar-refractivity contribution in [3.63, 3.8) is 0 Å². The van der Waals surface area contributed by atoms with Gasteiger partial charge in [0.05, 0.1) is 12.0 Å². The van der Waals surface area contributed by atoms with E-state index in [0.29, 0.717) is 40.8 Å². The second kappa shape index (κ2) is 8.10. The zero-order valence-electron chi connectivity index (χ0n) is 15.6. The summed E-state index contributed by atoms with van der Waals surface area (Å²) in [5.41, 5.74) is 8.01. The average molecular weight is 428 g/mol. The largest absolute Gasteiger partial charge is 0.487 e. The lowest BCUT2D eigenvalue weighted by Crippen LogP contribution is -2.26. The van der Waals surface area contributed by atoms with E-state index in [9.17, 15) is 4.79 Å². The number of thiophene rings is 1. The first-order valence-electron chi connectivity index (χ1n) is 8.87. The predicted octanol–water partition coefficient (Wildman–Crippen LogP) is 3.67. The van der Waals surface area contributed by atoms with Gasteiger partial charge in [0.15, 0.2) is 16.5 Å². The fraction of sp³-hybridized carbons (Fsp3) is 0.150. The standard InChI is InChI=1S/C20H18ClN5O2S/c1-28-18-7-6-15(29-18)19-24-17-11-13(10-16(22)26(17)25-19)20(27)23-9-8-12-4-2-3-5-14(12)21/h2-7,10-11H,8-9,22H2,1H3,(H,23,27). The van der Waals surface area contributed by atoms with Crippen molar-refractivity contribution in [2.45, 2.75) is 6.42 Å². The van der Waals surface area contributed by atoms with Gasteiger partial charge in [-0.15, -0.1) is 5.10 Å². The van der Waals surface area contributed by atoms with Crippen LogP contribution >= 0.6 is 22.9 Å². The third kappa shape index (κ3) is 4.03. The molecule has 0 unspecified atom stereocenters. The molecule has 29 heavy (non-hydrogen) atoms. The molecular weight excluding hydrogens is 410 g/mol. The predicted molar refractivity (Wildman–Crippen MR) is 115 cm³/mol. The van der Waals surface area contributed by atoms with Crippen LogP contribution in [-0.2, 0) is 6.42 Å². The van der Waals surface area contributed by atoms with Gasteiger partial charge >= 0.3 is 0 Å². The number of nitrogens with one attached hydrogen (secondary N) is 1. The molecule has 0 bridgehead atoms. The normalized spacial score (nSPS) is 11.0. The Kier molecular flexibility index (Phi) is 5.37. The highest BCUT2D eigenvalue weighted by Gasteiger charge is 2.15. The maximum atomic E-state index is 12.6. The highest BCUT2D eigenvalue weighted by Crippen LogP contribution is 2.31. The molecule has 3 aromatic heterocycles. The van der Waals surface area contributed by atoms with Crippen LogP contribution in [0.4, 0.5) is 5.82 Å². The second-order valence-corrected chi connectivity index (χ2v) is 7.75. The van der Waals surface area contributed by atoms with Crippen molar-refractivity contribution in [1.82, 2.24) is 19.9 Å². The van der Waals surface area contributed by atoms with Crippen molar-refractivity contribution in [2.75, 3.05) is 19.4 Å². The Hall–Kier alpha value is -3.10. The molecule has 1 aromatic carbocycles. The topological polar surface area (TPSA) is 94.5 Å². The quantitative estimate of drug-likeness (QED) is 0.489. The third-order valence-corrected chi connectivity index (χ3v) is 5.78. The lowest BCUT2D eigenvalue weighted by Gasteiger charge is -2.08. The summed E-state index contributed by atoms with van der Waals surface area (Å²) < 4.78 is 6.73. The smallest absolute Gasteiger partial charge is 0.251 e. The van der Waals surface area contributed by atoms with Crippen molar-refractivity contribution in [1.29, 1.82) is 0 Å². The number of nitrogens with two attached hydrogens (primary N) is 1. The summed E-state index contributed by atoms with van der Waals surface area (Å²) in [6.45, 7) is 0.459. The first kappa shape index (κ1) is 19.2. The lowest BCUT2D eigenvalue weighted by atomic mass is 10.1.